The number of benzene rings is 2. The van der Waals surface area contributed by atoms with Gasteiger partial charge in [0.15, 0.2) is 5.78 Å². The topological polar surface area (TPSA) is 103 Å². The molecule has 2 aromatic carbocycles. The van der Waals surface area contributed by atoms with Crippen molar-refractivity contribution in [1.29, 1.82) is 0 Å². The lowest BCUT2D eigenvalue weighted by Crippen LogP contribution is -2.21. The van der Waals surface area contributed by atoms with Gasteiger partial charge in [-0.05, 0) is 56.2 Å². The van der Waals surface area contributed by atoms with Gasteiger partial charge >= 0.3 is 11.6 Å². The van der Waals surface area contributed by atoms with Crippen LogP contribution >= 0.6 is 0 Å². The minimum absolute atomic E-state index is 0.00804. The standard InChI is InChI=1S/C31H33NO7/c1-3-32(4-2)26-15-14-25-21-27(31(36)39-29(25)22-26)28(34)11-8-18-37-19-20-38-30(35)24(16-17-33)13-12-23-9-6-5-7-10-23/h5-7,9-10,12-17,21-22H,3-4,8,11,18-20H2,1-2H3/b13-12+,24-16+. The lowest BCUT2D eigenvalue weighted by atomic mass is 10.1. The third-order valence-corrected chi connectivity index (χ3v) is 6.04. The number of carbonyl (C=O) groups excluding carboxylic acids is 3. The molecular weight excluding hydrogens is 498 g/mol. The van der Waals surface area contributed by atoms with Gasteiger partial charge in [-0.25, -0.2) is 9.59 Å². The Balaban J connectivity index is 1.43. The average molecular weight is 532 g/mol. The first-order valence-electron chi connectivity index (χ1n) is 13.0. The number of Topliss-reactive ketones (excluding diaryl/α,β-unsaturated/α-hetero) is 1. The Labute approximate surface area is 227 Å². The van der Waals surface area contributed by atoms with Gasteiger partial charge in [0.2, 0.25) is 0 Å². The van der Waals surface area contributed by atoms with Gasteiger partial charge < -0.3 is 18.8 Å². The Morgan fingerprint density at radius 1 is 0.974 bits per heavy atom. The molecule has 204 valence electrons. The second-order valence-corrected chi connectivity index (χ2v) is 8.62. The van der Waals surface area contributed by atoms with E-state index in [2.05, 4.69) is 18.7 Å². The third kappa shape index (κ3) is 8.61. The van der Waals surface area contributed by atoms with Crippen molar-refractivity contribution < 1.29 is 28.3 Å². The number of allylic oxidation sites excluding steroid dienone is 1. The van der Waals surface area contributed by atoms with E-state index in [0.717, 1.165) is 30.4 Å². The van der Waals surface area contributed by atoms with Crippen molar-refractivity contribution in [3.05, 3.63) is 93.9 Å². The summed E-state index contributed by atoms with van der Waals surface area (Å²) in [6, 6.07) is 16.5. The molecule has 0 aliphatic carbocycles. The molecule has 0 N–H and O–H groups in total. The fraction of sp³-hybridized carbons (Fsp3) is 0.290. The van der Waals surface area contributed by atoms with Crippen LogP contribution in [0.25, 0.3) is 17.0 Å². The Morgan fingerprint density at radius 3 is 2.46 bits per heavy atom. The zero-order valence-electron chi connectivity index (χ0n) is 22.3. The number of hydrogen-bond donors (Lipinski definition) is 0. The first-order chi connectivity index (χ1) is 19.0. The van der Waals surface area contributed by atoms with Gasteiger partial charge in [-0.2, -0.15) is 0 Å². The molecule has 0 saturated heterocycles. The number of aldehydes is 1. The van der Waals surface area contributed by atoms with E-state index >= 15 is 0 Å². The van der Waals surface area contributed by atoms with Crippen molar-refractivity contribution in [3.8, 4) is 0 Å². The smallest absolute Gasteiger partial charge is 0.347 e. The number of ketones is 1. The Bertz CT molecular complexity index is 1390. The van der Waals surface area contributed by atoms with Crippen LogP contribution in [0.4, 0.5) is 5.69 Å². The van der Waals surface area contributed by atoms with Crippen LogP contribution in [-0.2, 0) is 19.1 Å². The SMILES string of the molecule is CCN(CC)c1ccc2cc(C(=O)CCCOCCOC(=O)C(/C=C/c3ccccc3)=C/C=O)c(=O)oc2c1. The van der Waals surface area contributed by atoms with E-state index in [-0.39, 0.29) is 43.2 Å². The number of ether oxygens (including phenoxy) is 2. The first-order valence-corrected chi connectivity index (χ1v) is 13.0. The maximum absolute atomic E-state index is 12.6. The molecule has 1 aromatic heterocycles. The van der Waals surface area contributed by atoms with E-state index in [1.165, 1.54) is 6.08 Å². The zero-order valence-corrected chi connectivity index (χ0v) is 22.3. The molecule has 8 nitrogen and oxygen atoms in total. The highest BCUT2D eigenvalue weighted by Crippen LogP contribution is 2.22. The van der Waals surface area contributed by atoms with Crippen molar-refractivity contribution in [2.45, 2.75) is 26.7 Å². The van der Waals surface area contributed by atoms with Gasteiger partial charge in [-0.15, -0.1) is 0 Å². The number of nitrogens with zero attached hydrogens (tertiary/aromatic N) is 1. The molecule has 0 unspecified atom stereocenters. The fourth-order valence-corrected chi connectivity index (χ4v) is 3.94. The highest BCUT2D eigenvalue weighted by molar-refractivity contribution is 5.98. The van der Waals surface area contributed by atoms with Crippen LogP contribution in [0.15, 0.2) is 81.5 Å². The second-order valence-electron chi connectivity index (χ2n) is 8.62. The molecule has 1 heterocycles. The van der Waals surface area contributed by atoms with Gasteiger partial charge in [0.25, 0.3) is 0 Å². The molecule has 0 spiro atoms. The molecule has 0 saturated carbocycles. The van der Waals surface area contributed by atoms with E-state index in [4.69, 9.17) is 13.9 Å². The molecule has 0 fully saturated rings. The average Bonchev–Trinajstić information content (AvgIpc) is 2.95. The monoisotopic (exact) mass is 531 g/mol. The van der Waals surface area contributed by atoms with E-state index in [1.807, 2.05) is 48.5 Å². The van der Waals surface area contributed by atoms with Crippen LogP contribution in [-0.4, -0.2) is 50.9 Å². The van der Waals surface area contributed by atoms with Crippen LogP contribution in [0.3, 0.4) is 0 Å². The number of rotatable bonds is 15. The van der Waals surface area contributed by atoms with Crippen LogP contribution in [0.1, 0.15) is 42.6 Å². The molecule has 39 heavy (non-hydrogen) atoms. The third-order valence-electron chi connectivity index (χ3n) is 6.04. The number of carbonyl (C=O) groups is 3. The van der Waals surface area contributed by atoms with Crippen LogP contribution in [0.5, 0.6) is 0 Å². The summed E-state index contributed by atoms with van der Waals surface area (Å²) in [6.07, 6.45) is 5.40. The fourth-order valence-electron chi connectivity index (χ4n) is 3.94. The van der Waals surface area contributed by atoms with E-state index in [1.54, 1.807) is 12.1 Å². The van der Waals surface area contributed by atoms with Gasteiger partial charge in [0, 0.05) is 43.3 Å². The predicted molar refractivity (Wildman–Crippen MR) is 151 cm³/mol. The zero-order chi connectivity index (χ0) is 28.0. The van der Waals surface area contributed by atoms with Crippen LogP contribution < -0.4 is 10.5 Å². The molecule has 0 aliphatic heterocycles. The highest BCUT2D eigenvalue weighted by atomic mass is 16.6. The molecule has 0 amide bonds. The minimum atomic E-state index is -0.655. The van der Waals surface area contributed by atoms with E-state index in [9.17, 15) is 19.2 Å². The molecule has 0 bridgehead atoms. The minimum Gasteiger partial charge on any atom is -0.460 e. The van der Waals surface area contributed by atoms with Crippen LogP contribution in [0, 0.1) is 0 Å². The molecular formula is C31H33NO7. The van der Waals surface area contributed by atoms with Crippen molar-refractivity contribution in [1.82, 2.24) is 0 Å². The summed E-state index contributed by atoms with van der Waals surface area (Å²) in [5, 5.41) is 0.688. The predicted octanol–water partition coefficient (Wildman–Crippen LogP) is 5.00. The molecule has 0 radical (unpaired) electrons. The van der Waals surface area contributed by atoms with E-state index in [0.29, 0.717) is 23.7 Å². The lowest BCUT2D eigenvalue weighted by Gasteiger charge is -2.20. The molecule has 3 rings (SSSR count). The van der Waals surface area contributed by atoms with Crippen molar-refractivity contribution >= 4 is 40.8 Å². The maximum Gasteiger partial charge on any atom is 0.347 e. The molecule has 3 aromatic rings. The van der Waals surface area contributed by atoms with Gasteiger partial charge in [0.05, 0.1) is 12.2 Å². The first kappa shape index (κ1) is 29.3. The van der Waals surface area contributed by atoms with Crippen molar-refractivity contribution in [2.75, 3.05) is 37.8 Å². The molecule has 8 heteroatoms. The van der Waals surface area contributed by atoms with Crippen molar-refractivity contribution in [2.24, 2.45) is 0 Å². The molecule has 0 atom stereocenters. The number of esters is 1. The summed E-state index contributed by atoms with van der Waals surface area (Å²) in [7, 11) is 0. The maximum atomic E-state index is 12.6. The van der Waals surface area contributed by atoms with Crippen molar-refractivity contribution in [3.63, 3.8) is 0 Å². The summed E-state index contributed by atoms with van der Waals surface area (Å²) in [6.45, 7) is 6.14. The Morgan fingerprint density at radius 2 is 1.74 bits per heavy atom. The Kier molecular flexibility index (Phi) is 11.4. The largest absolute Gasteiger partial charge is 0.460 e. The molecule has 0 aliphatic rings. The number of hydrogen-bond acceptors (Lipinski definition) is 8. The normalized spacial score (nSPS) is 11.6. The lowest BCUT2D eigenvalue weighted by molar-refractivity contribution is -0.140. The quantitative estimate of drug-likeness (QED) is 0.0513. The van der Waals surface area contributed by atoms with Gasteiger partial charge in [-0.1, -0.05) is 36.4 Å². The number of anilines is 1. The number of fused-ring (bicyclic) bond motifs is 1. The summed E-state index contributed by atoms with van der Waals surface area (Å²) in [5.41, 5.74) is 1.77. The van der Waals surface area contributed by atoms with Gasteiger partial charge in [0.1, 0.15) is 24.0 Å². The second kappa shape index (κ2) is 15.2. The van der Waals surface area contributed by atoms with E-state index < -0.39 is 11.6 Å². The summed E-state index contributed by atoms with van der Waals surface area (Å²) >= 11 is 0. The summed E-state index contributed by atoms with van der Waals surface area (Å²) < 4.78 is 16.1. The summed E-state index contributed by atoms with van der Waals surface area (Å²) in [4.78, 5) is 50.4. The highest BCUT2D eigenvalue weighted by Gasteiger charge is 2.15. The summed E-state index contributed by atoms with van der Waals surface area (Å²) in [5.74, 6) is -0.956. The Hall–Kier alpha value is -4.30. The van der Waals surface area contributed by atoms with Gasteiger partial charge in [-0.3, -0.25) is 9.59 Å². The van der Waals surface area contributed by atoms with Crippen LogP contribution in [0.2, 0.25) is 0 Å².